The number of amides is 4. The van der Waals surface area contributed by atoms with Gasteiger partial charge in [-0.25, -0.2) is 0 Å². The Bertz CT molecular complexity index is 4260. The molecule has 0 spiro atoms. The van der Waals surface area contributed by atoms with Crippen molar-refractivity contribution in [3.63, 3.8) is 0 Å². The lowest BCUT2D eigenvalue weighted by Gasteiger charge is -2.53. The molecule has 0 saturated carbocycles. The summed E-state index contributed by atoms with van der Waals surface area (Å²) in [5.74, 6) is -2.78. The minimum Gasteiger partial charge on any atom is -0.497 e. The molecule has 6 heterocycles. The summed E-state index contributed by atoms with van der Waals surface area (Å²) >= 11 is 0. The molecule has 0 aliphatic carbocycles. The molecule has 550 valence electrons. The Labute approximate surface area is 611 Å². The lowest BCUT2D eigenvalue weighted by atomic mass is 9.92. The molecule has 8 aromatic rings. The number of aliphatic hydroxyl groups is 1. The number of rotatable bonds is 29. The molecule has 4 saturated heterocycles. The average Bonchev–Trinajstić information content (AvgIpc) is 1.47. The van der Waals surface area contributed by atoms with Crippen LogP contribution < -0.4 is 14.2 Å². The number of aliphatic hydroxyl groups excluding tert-OH is 1. The van der Waals surface area contributed by atoms with E-state index < -0.39 is 128 Å². The SMILES string of the molecule is COc1ccc(COCC2OC(Oc3ccc(OC)cc3)C(N3C(=O)c4ccccc4C3=O)C(OCc3ccccc3)C2OC2OC(COCc3ccccc3)C(OC3OC4COC(c5ccccc5)OC4C(O)C3OC(=O)CCC(C)=O)C(OCc3ccccc3)C2N2C(=O)c3ccccc3C2=O)cc1. The van der Waals surface area contributed by atoms with E-state index in [4.69, 9.17) is 71.1 Å². The Morgan fingerprint density at radius 3 is 1.34 bits per heavy atom. The van der Waals surface area contributed by atoms with E-state index in [0.29, 0.717) is 28.2 Å². The maximum Gasteiger partial charge on any atom is 0.306 e. The summed E-state index contributed by atoms with van der Waals surface area (Å²) in [6.45, 7) is 0.114. The fraction of sp³-hybridized carbons (Fsp3) is 0.341. The van der Waals surface area contributed by atoms with Crippen molar-refractivity contribution >= 4 is 35.4 Å². The lowest BCUT2D eigenvalue weighted by molar-refractivity contribution is -0.389. The van der Waals surface area contributed by atoms with Gasteiger partial charge in [0.15, 0.2) is 25.0 Å². The van der Waals surface area contributed by atoms with E-state index in [2.05, 4.69) is 0 Å². The topological polar surface area (TPSA) is 268 Å². The first kappa shape index (κ1) is 73.0. The van der Waals surface area contributed by atoms with Crippen molar-refractivity contribution in [2.75, 3.05) is 34.0 Å². The first-order valence-electron chi connectivity index (χ1n) is 35.1. The van der Waals surface area contributed by atoms with E-state index in [9.17, 15) is 14.7 Å². The summed E-state index contributed by atoms with van der Waals surface area (Å²) in [6, 6.07) is 59.9. The predicted molar refractivity (Wildman–Crippen MR) is 375 cm³/mol. The number of ether oxygens (including phenoxy) is 15. The Hall–Kier alpha value is -9.90. The second-order valence-corrected chi connectivity index (χ2v) is 26.4. The second-order valence-electron chi connectivity index (χ2n) is 26.4. The fourth-order valence-corrected chi connectivity index (χ4v) is 14.1. The number of nitrogens with zero attached hydrogens (tertiary/aromatic N) is 2. The van der Waals surface area contributed by atoms with E-state index in [-0.39, 0.29) is 92.9 Å². The largest absolute Gasteiger partial charge is 0.497 e. The van der Waals surface area contributed by atoms with E-state index in [1.54, 1.807) is 92.0 Å². The maximum atomic E-state index is 15.8. The fourth-order valence-electron chi connectivity index (χ4n) is 14.1. The van der Waals surface area contributed by atoms with Crippen LogP contribution in [-0.2, 0) is 92.9 Å². The van der Waals surface area contributed by atoms with Crippen LogP contribution in [0.1, 0.15) is 95.3 Å². The highest BCUT2D eigenvalue weighted by Gasteiger charge is 2.62. The number of methoxy groups -OCH3 is 2. The maximum absolute atomic E-state index is 15.8. The first-order chi connectivity index (χ1) is 51.8. The average molecular weight is 1450 g/mol. The van der Waals surface area contributed by atoms with Gasteiger partial charge in [0.25, 0.3) is 23.6 Å². The number of carbonyl (C=O) groups excluding carboxylic acids is 6. The van der Waals surface area contributed by atoms with Gasteiger partial charge in [-0.15, -0.1) is 0 Å². The lowest BCUT2D eigenvalue weighted by Crippen LogP contribution is -2.72. The molecule has 8 aromatic carbocycles. The first-order valence-corrected chi connectivity index (χ1v) is 35.1. The van der Waals surface area contributed by atoms with Crippen LogP contribution in [0.5, 0.6) is 17.2 Å². The number of fused-ring (bicyclic) bond motifs is 3. The molecular formula is C82H80N2O22. The molecule has 24 heteroatoms. The highest BCUT2D eigenvalue weighted by molar-refractivity contribution is 6.22. The Balaban J connectivity index is 0.927. The van der Waals surface area contributed by atoms with Crippen LogP contribution >= 0.6 is 0 Å². The minimum absolute atomic E-state index is 0.00320. The smallest absolute Gasteiger partial charge is 0.306 e. The zero-order valence-corrected chi connectivity index (χ0v) is 58.3. The normalized spacial score (nSPS) is 26.9. The van der Waals surface area contributed by atoms with Crippen LogP contribution in [0, 0.1) is 0 Å². The van der Waals surface area contributed by atoms with Gasteiger partial charge in [0, 0.05) is 12.0 Å². The van der Waals surface area contributed by atoms with Crippen molar-refractivity contribution in [2.45, 2.75) is 144 Å². The molecule has 6 aliphatic heterocycles. The predicted octanol–water partition coefficient (Wildman–Crippen LogP) is 9.72. The molecule has 1 N–H and O–H groups in total. The number of benzene rings is 8. The van der Waals surface area contributed by atoms with E-state index in [1.807, 2.05) is 121 Å². The van der Waals surface area contributed by atoms with Crippen LogP contribution in [0.3, 0.4) is 0 Å². The molecule has 14 rings (SSSR count). The molecule has 6 aliphatic rings. The van der Waals surface area contributed by atoms with E-state index >= 15 is 19.2 Å². The van der Waals surface area contributed by atoms with Gasteiger partial charge in [-0.05, 0) is 89.8 Å². The number of hydrogen-bond donors (Lipinski definition) is 1. The quantitative estimate of drug-likeness (QED) is 0.0337. The van der Waals surface area contributed by atoms with E-state index in [0.717, 1.165) is 20.9 Å². The third-order valence-electron chi connectivity index (χ3n) is 19.4. The standard InChI is InChI=1S/C82H80N2O22/c1-49(85)32-41-65(86)103-74-68(87)69-64(48-98-79(104-69)54-26-14-7-15-27-54)102-82(74)106-71-63(47-94-42-50-20-8-4-9-21-50)101-81(67(73(71)97-45-52-24-12-6-13-25-52)84-77(90)60-30-18-19-31-61(60)78(84)91)105-70-62(46-95-43-53-33-35-55(92-2)36-34-53)100-80(99-57-39-37-56(93-3)38-40-57)66(72(70)96-44-51-22-10-5-11-23-51)83-75(88)58-28-16-17-29-59(58)76(83)89/h4-31,33-40,62-64,66-74,79-82,87H,32,41-48H2,1-3H3. The van der Waals surface area contributed by atoms with Crippen LogP contribution in [0.25, 0.3) is 0 Å². The van der Waals surface area contributed by atoms with Gasteiger partial charge in [0.05, 0.1) is 89.1 Å². The third kappa shape index (κ3) is 16.2. The summed E-state index contributed by atoms with van der Waals surface area (Å²) in [5, 5.41) is 12.8. The number of carbonyl (C=O) groups is 6. The van der Waals surface area contributed by atoms with Crippen LogP contribution in [0.4, 0.5) is 0 Å². The van der Waals surface area contributed by atoms with Crippen molar-refractivity contribution in [3.05, 3.63) is 268 Å². The highest BCUT2D eigenvalue weighted by Crippen LogP contribution is 2.44. The summed E-state index contributed by atoms with van der Waals surface area (Å²) in [7, 11) is 3.08. The number of Topliss-reactive ketones (excluding diaryl/α,β-unsaturated/α-hetero) is 1. The molecule has 24 nitrogen and oxygen atoms in total. The monoisotopic (exact) mass is 1440 g/mol. The van der Waals surface area contributed by atoms with Crippen LogP contribution in [0.2, 0.25) is 0 Å². The number of esters is 1. The molecule has 0 aromatic heterocycles. The molecule has 0 radical (unpaired) electrons. The van der Waals surface area contributed by atoms with Crippen molar-refractivity contribution in [1.82, 2.24) is 9.80 Å². The van der Waals surface area contributed by atoms with Crippen molar-refractivity contribution in [2.24, 2.45) is 0 Å². The zero-order chi connectivity index (χ0) is 73.2. The van der Waals surface area contributed by atoms with Gasteiger partial charge in [-0.2, -0.15) is 0 Å². The summed E-state index contributed by atoms with van der Waals surface area (Å²) < 4.78 is 101. The molecular weight excluding hydrogens is 1360 g/mol. The molecule has 4 fully saturated rings. The Kier molecular flexibility index (Phi) is 23.2. The van der Waals surface area contributed by atoms with Crippen molar-refractivity contribution in [1.29, 1.82) is 0 Å². The van der Waals surface area contributed by atoms with Gasteiger partial charge in [-0.3, -0.25) is 33.8 Å². The van der Waals surface area contributed by atoms with Crippen molar-refractivity contribution < 1.29 is 105 Å². The second kappa shape index (κ2) is 33.7. The van der Waals surface area contributed by atoms with Gasteiger partial charge < -0.3 is 81.0 Å². The van der Waals surface area contributed by atoms with Crippen molar-refractivity contribution in [3.8, 4) is 17.2 Å². The Morgan fingerprint density at radius 2 is 0.858 bits per heavy atom. The zero-order valence-electron chi connectivity index (χ0n) is 58.3. The molecule has 106 heavy (non-hydrogen) atoms. The summed E-state index contributed by atoms with van der Waals surface area (Å²) in [4.78, 5) is 90.8. The number of ketones is 1. The third-order valence-corrected chi connectivity index (χ3v) is 19.4. The van der Waals surface area contributed by atoms with Gasteiger partial charge in [0.1, 0.15) is 90.1 Å². The molecule has 16 unspecified atom stereocenters. The Morgan fingerprint density at radius 1 is 0.443 bits per heavy atom. The minimum atomic E-state index is -1.87. The van der Waals surface area contributed by atoms with Crippen LogP contribution in [0.15, 0.2) is 218 Å². The van der Waals surface area contributed by atoms with E-state index in [1.165, 1.54) is 26.2 Å². The summed E-state index contributed by atoms with van der Waals surface area (Å²) in [6.07, 6.45) is -21.4. The summed E-state index contributed by atoms with van der Waals surface area (Å²) in [5.41, 5.74) is 3.70. The van der Waals surface area contributed by atoms with Crippen LogP contribution in [-0.4, -0.2) is 176 Å². The van der Waals surface area contributed by atoms with Gasteiger partial charge >= 0.3 is 5.97 Å². The highest BCUT2D eigenvalue weighted by atomic mass is 16.8. The molecule has 0 bridgehead atoms. The molecule has 16 atom stereocenters. The number of imide groups is 2. The number of hydrogen-bond acceptors (Lipinski definition) is 22. The molecule has 4 amide bonds. The van der Waals surface area contributed by atoms with Gasteiger partial charge in [0.2, 0.25) is 6.29 Å². The van der Waals surface area contributed by atoms with Gasteiger partial charge in [-0.1, -0.05) is 158 Å².